The molecule has 1 amide bonds. The van der Waals surface area contributed by atoms with Crippen molar-refractivity contribution in [2.75, 3.05) is 6.61 Å². The van der Waals surface area contributed by atoms with Crippen molar-refractivity contribution < 1.29 is 23.5 Å². The summed E-state index contributed by atoms with van der Waals surface area (Å²) >= 11 is 0. The van der Waals surface area contributed by atoms with E-state index in [-0.39, 0.29) is 12.0 Å². The van der Waals surface area contributed by atoms with Gasteiger partial charge in [-0.3, -0.25) is 10.0 Å². The van der Waals surface area contributed by atoms with Gasteiger partial charge in [-0.1, -0.05) is 12.8 Å². The fourth-order valence-corrected chi connectivity index (χ4v) is 2.21. The monoisotopic (exact) mass is 323 g/mol. The molecule has 23 heavy (non-hydrogen) atoms. The van der Waals surface area contributed by atoms with Crippen LogP contribution in [0.3, 0.4) is 0 Å². The number of rotatable bonds is 8. The molecule has 0 aliphatic rings. The minimum absolute atomic E-state index is 0.279. The molecule has 0 aliphatic heterocycles. The van der Waals surface area contributed by atoms with Gasteiger partial charge in [-0.15, -0.1) is 0 Å². The van der Waals surface area contributed by atoms with Crippen LogP contribution in [-0.2, 0) is 4.79 Å². The van der Waals surface area contributed by atoms with Gasteiger partial charge in [0.2, 0.25) is 5.91 Å². The van der Waals surface area contributed by atoms with Crippen LogP contribution in [0.4, 0.5) is 4.39 Å². The molecule has 124 valence electrons. The molecule has 6 nitrogen and oxygen atoms in total. The predicted molar refractivity (Wildman–Crippen MR) is 81.0 cm³/mol. The normalized spacial score (nSPS) is 10.7. The number of hydrogen-bond donors (Lipinski definition) is 2. The number of halogens is 1. The molecular formula is C16H18FNO5. The zero-order valence-corrected chi connectivity index (χ0v) is 12.5. The summed E-state index contributed by atoms with van der Waals surface area (Å²) in [7, 11) is 0. The van der Waals surface area contributed by atoms with Crippen molar-refractivity contribution in [2.24, 2.45) is 0 Å². The molecule has 2 rings (SSSR count). The third-order valence-corrected chi connectivity index (χ3v) is 3.35. The summed E-state index contributed by atoms with van der Waals surface area (Å²) in [5.74, 6) is -0.528. The first kappa shape index (κ1) is 17.0. The van der Waals surface area contributed by atoms with Crippen molar-refractivity contribution in [3.8, 4) is 5.75 Å². The first-order chi connectivity index (χ1) is 11.1. The van der Waals surface area contributed by atoms with Crippen LogP contribution in [0.2, 0.25) is 0 Å². The molecule has 1 aromatic heterocycles. The molecule has 1 heterocycles. The third-order valence-electron chi connectivity index (χ3n) is 3.35. The lowest BCUT2D eigenvalue weighted by atomic mass is 10.1. The van der Waals surface area contributed by atoms with Gasteiger partial charge < -0.3 is 9.15 Å². The van der Waals surface area contributed by atoms with E-state index in [2.05, 4.69) is 0 Å². The number of benzene rings is 1. The van der Waals surface area contributed by atoms with E-state index in [0.29, 0.717) is 24.2 Å². The summed E-state index contributed by atoms with van der Waals surface area (Å²) in [6, 6.07) is 5.08. The summed E-state index contributed by atoms with van der Waals surface area (Å²) in [6.45, 7) is 0.376. The topological polar surface area (TPSA) is 88.8 Å². The van der Waals surface area contributed by atoms with Crippen molar-refractivity contribution >= 4 is 16.9 Å². The van der Waals surface area contributed by atoms with Crippen LogP contribution in [0.1, 0.15) is 32.1 Å². The second kappa shape index (κ2) is 8.28. The van der Waals surface area contributed by atoms with Gasteiger partial charge in [-0.05, 0) is 31.0 Å². The molecule has 7 heteroatoms. The number of unbranched alkanes of at least 4 members (excludes halogenated alkanes) is 3. The van der Waals surface area contributed by atoms with Crippen LogP contribution in [0.5, 0.6) is 5.75 Å². The standard InChI is InChI=1S/C16H18FNO5/c17-11-6-7-13-12(9-11)14(10-16(20)23-13)22-8-4-2-1-3-5-15(19)18-21/h6-7,9-10,21H,1-5,8H2,(H,18,19). The van der Waals surface area contributed by atoms with Gasteiger partial charge in [0.05, 0.1) is 18.1 Å². The molecule has 2 N–H and O–H groups in total. The van der Waals surface area contributed by atoms with E-state index in [4.69, 9.17) is 14.4 Å². The van der Waals surface area contributed by atoms with Crippen LogP contribution in [0.25, 0.3) is 11.0 Å². The van der Waals surface area contributed by atoms with E-state index in [9.17, 15) is 14.0 Å². The van der Waals surface area contributed by atoms with Gasteiger partial charge in [-0.25, -0.2) is 14.7 Å². The van der Waals surface area contributed by atoms with Crippen molar-refractivity contribution in [2.45, 2.75) is 32.1 Å². The van der Waals surface area contributed by atoms with Gasteiger partial charge in [0.15, 0.2) is 0 Å². The predicted octanol–water partition coefficient (Wildman–Crippen LogP) is 2.77. The lowest BCUT2D eigenvalue weighted by Gasteiger charge is -2.08. The Morgan fingerprint density at radius 1 is 1.22 bits per heavy atom. The summed E-state index contributed by atoms with van der Waals surface area (Å²) in [6.07, 6.45) is 3.35. The molecule has 2 aromatic rings. The highest BCUT2D eigenvalue weighted by Gasteiger charge is 2.08. The zero-order chi connectivity index (χ0) is 16.7. The minimum Gasteiger partial charge on any atom is -0.493 e. The van der Waals surface area contributed by atoms with E-state index < -0.39 is 17.3 Å². The smallest absolute Gasteiger partial charge is 0.339 e. The van der Waals surface area contributed by atoms with Crippen LogP contribution >= 0.6 is 0 Å². The van der Waals surface area contributed by atoms with Gasteiger partial charge in [0.1, 0.15) is 17.1 Å². The summed E-state index contributed by atoms with van der Waals surface area (Å²) in [4.78, 5) is 22.3. The maximum Gasteiger partial charge on any atom is 0.339 e. The Hall–Kier alpha value is -2.41. The van der Waals surface area contributed by atoms with Gasteiger partial charge in [0.25, 0.3) is 0 Å². The average molecular weight is 323 g/mol. The molecule has 0 saturated heterocycles. The number of fused-ring (bicyclic) bond motifs is 1. The second-order valence-electron chi connectivity index (χ2n) is 5.12. The second-order valence-corrected chi connectivity index (χ2v) is 5.12. The van der Waals surface area contributed by atoms with Crippen molar-refractivity contribution in [1.29, 1.82) is 0 Å². The minimum atomic E-state index is -0.547. The zero-order valence-electron chi connectivity index (χ0n) is 12.5. The van der Waals surface area contributed by atoms with Crippen LogP contribution in [0.15, 0.2) is 33.5 Å². The molecule has 0 bridgehead atoms. The summed E-state index contributed by atoms with van der Waals surface area (Å²) < 4.78 is 23.9. The maximum atomic E-state index is 13.3. The lowest BCUT2D eigenvalue weighted by molar-refractivity contribution is -0.129. The number of hydrogen-bond acceptors (Lipinski definition) is 5. The van der Waals surface area contributed by atoms with Gasteiger partial charge in [0, 0.05) is 6.42 Å². The number of nitrogens with one attached hydrogen (secondary N) is 1. The fraction of sp³-hybridized carbons (Fsp3) is 0.375. The number of carbonyl (C=O) groups excluding carboxylic acids is 1. The average Bonchev–Trinajstić information content (AvgIpc) is 2.54. The van der Waals surface area contributed by atoms with Crippen molar-refractivity contribution in [1.82, 2.24) is 5.48 Å². The molecular weight excluding hydrogens is 305 g/mol. The number of amides is 1. The quantitative estimate of drug-likeness (QED) is 0.337. The number of carbonyl (C=O) groups is 1. The third kappa shape index (κ3) is 5.07. The van der Waals surface area contributed by atoms with E-state index in [1.54, 1.807) is 5.48 Å². The van der Waals surface area contributed by atoms with E-state index >= 15 is 0 Å². The van der Waals surface area contributed by atoms with Gasteiger partial charge in [-0.2, -0.15) is 0 Å². The molecule has 0 aliphatic carbocycles. The number of hydroxylamine groups is 1. The molecule has 0 spiro atoms. The van der Waals surface area contributed by atoms with Crippen LogP contribution in [-0.4, -0.2) is 17.7 Å². The highest BCUT2D eigenvalue weighted by molar-refractivity contribution is 5.83. The van der Waals surface area contributed by atoms with Crippen LogP contribution < -0.4 is 15.8 Å². The number of ether oxygens (including phenoxy) is 1. The Balaban J connectivity index is 1.84. The molecule has 0 saturated carbocycles. The van der Waals surface area contributed by atoms with Crippen molar-refractivity contribution in [3.63, 3.8) is 0 Å². The Labute approximate surface area is 131 Å². The molecule has 0 radical (unpaired) electrons. The summed E-state index contributed by atoms with van der Waals surface area (Å²) in [5, 5.41) is 8.77. The fourth-order valence-electron chi connectivity index (χ4n) is 2.21. The SMILES string of the molecule is O=C(CCCCCCOc1cc(=O)oc2ccc(F)cc12)NO. The Morgan fingerprint density at radius 2 is 2.00 bits per heavy atom. The molecule has 0 fully saturated rings. The summed E-state index contributed by atoms with van der Waals surface area (Å²) in [5.41, 5.74) is 1.32. The Kier molecular flexibility index (Phi) is 6.10. The maximum absolute atomic E-state index is 13.3. The van der Waals surface area contributed by atoms with Crippen molar-refractivity contribution in [3.05, 3.63) is 40.5 Å². The van der Waals surface area contributed by atoms with Crippen LogP contribution in [0, 0.1) is 5.82 Å². The Bertz CT molecular complexity index is 728. The highest BCUT2D eigenvalue weighted by Crippen LogP contribution is 2.24. The first-order valence-electron chi connectivity index (χ1n) is 7.39. The lowest BCUT2D eigenvalue weighted by Crippen LogP contribution is -2.17. The van der Waals surface area contributed by atoms with E-state index in [1.807, 2.05) is 0 Å². The highest BCUT2D eigenvalue weighted by atomic mass is 19.1. The molecule has 0 atom stereocenters. The first-order valence-corrected chi connectivity index (χ1v) is 7.39. The van der Waals surface area contributed by atoms with E-state index in [1.165, 1.54) is 24.3 Å². The largest absolute Gasteiger partial charge is 0.493 e. The molecule has 1 aromatic carbocycles. The molecule has 0 unspecified atom stereocenters. The van der Waals surface area contributed by atoms with Gasteiger partial charge >= 0.3 is 5.63 Å². The van der Waals surface area contributed by atoms with E-state index in [0.717, 1.165) is 19.3 Å². The Morgan fingerprint density at radius 3 is 2.78 bits per heavy atom.